The average molecular weight is 376 g/mol. The van der Waals surface area contributed by atoms with Crippen molar-refractivity contribution in [3.63, 3.8) is 0 Å². The molecule has 0 bridgehead atoms. The van der Waals surface area contributed by atoms with E-state index in [9.17, 15) is 4.79 Å². The second kappa shape index (κ2) is 7.80. The minimum Gasteiger partial charge on any atom is -0.353 e. The Morgan fingerprint density at radius 2 is 1.79 bits per heavy atom. The van der Waals surface area contributed by atoms with E-state index in [2.05, 4.69) is 25.9 Å². The number of rotatable bonds is 4. The van der Waals surface area contributed by atoms with Crippen LogP contribution in [0.3, 0.4) is 0 Å². The highest BCUT2D eigenvalue weighted by Gasteiger charge is 2.22. The van der Waals surface area contributed by atoms with Crippen molar-refractivity contribution in [1.82, 2.24) is 24.4 Å². The summed E-state index contributed by atoms with van der Waals surface area (Å²) in [6.07, 6.45) is 5.69. The Balaban J connectivity index is 1.39. The molecule has 0 unspecified atom stereocenters. The number of imidazole rings is 1. The molecule has 1 saturated heterocycles. The molecule has 7 nitrogen and oxygen atoms in total. The molecule has 1 aliphatic heterocycles. The van der Waals surface area contributed by atoms with Crippen LogP contribution in [0, 0.1) is 13.8 Å². The zero-order valence-electron chi connectivity index (χ0n) is 16.2. The molecule has 1 aromatic carbocycles. The van der Waals surface area contributed by atoms with Crippen LogP contribution >= 0.6 is 0 Å². The first kappa shape index (κ1) is 18.2. The third-order valence-electron chi connectivity index (χ3n) is 5.10. The van der Waals surface area contributed by atoms with Gasteiger partial charge in [0.1, 0.15) is 23.8 Å². The van der Waals surface area contributed by atoms with Crippen LogP contribution in [0.15, 0.2) is 49.1 Å². The Kier molecular flexibility index (Phi) is 5.06. The van der Waals surface area contributed by atoms with E-state index < -0.39 is 0 Å². The molecule has 1 fully saturated rings. The second-order valence-corrected chi connectivity index (χ2v) is 7.11. The topological polar surface area (TPSA) is 67.2 Å². The molecule has 4 rings (SSSR count). The van der Waals surface area contributed by atoms with Gasteiger partial charge in [-0.2, -0.15) is 0 Å². The number of carbonyl (C=O) groups excluding carboxylic acids is 1. The lowest BCUT2D eigenvalue weighted by atomic mass is 10.1. The SMILES string of the molecule is Cc1cccc(CC(=O)N2CCN(c3cc(-n4ccnc4C)ncn3)CC2)c1. The summed E-state index contributed by atoms with van der Waals surface area (Å²) in [4.78, 5) is 29.8. The molecule has 28 heavy (non-hydrogen) atoms. The van der Waals surface area contributed by atoms with Crippen molar-refractivity contribution in [2.75, 3.05) is 31.1 Å². The zero-order valence-corrected chi connectivity index (χ0v) is 16.2. The minimum atomic E-state index is 0.183. The van der Waals surface area contributed by atoms with Gasteiger partial charge in [0.05, 0.1) is 6.42 Å². The van der Waals surface area contributed by atoms with Gasteiger partial charge in [-0.1, -0.05) is 29.8 Å². The number of piperazine rings is 1. The largest absolute Gasteiger partial charge is 0.353 e. The Hall–Kier alpha value is -3.22. The predicted octanol–water partition coefficient (Wildman–Crippen LogP) is 2.17. The number of aromatic nitrogens is 4. The number of nitrogens with zero attached hydrogens (tertiary/aromatic N) is 6. The molecule has 0 N–H and O–H groups in total. The number of amides is 1. The van der Waals surface area contributed by atoms with Crippen LogP contribution in [0.1, 0.15) is 17.0 Å². The van der Waals surface area contributed by atoms with Gasteiger partial charge in [-0.25, -0.2) is 15.0 Å². The number of aryl methyl sites for hydroxylation is 2. The lowest BCUT2D eigenvalue weighted by Gasteiger charge is -2.35. The molecule has 144 valence electrons. The third-order valence-corrected chi connectivity index (χ3v) is 5.10. The number of carbonyl (C=O) groups is 1. The second-order valence-electron chi connectivity index (χ2n) is 7.11. The van der Waals surface area contributed by atoms with E-state index in [4.69, 9.17) is 0 Å². The van der Waals surface area contributed by atoms with Gasteiger partial charge >= 0.3 is 0 Å². The molecule has 2 aromatic heterocycles. The molecule has 1 aliphatic rings. The first-order chi connectivity index (χ1) is 13.6. The van der Waals surface area contributed by atoms with Gasteiger partial charge in [-0.05, 0) is 19.4 Å². The maximum atomic E-state index is 12.6. The summed E-state index contributed by atoms with van der Waals surface area (Å²) in [6, 6.07) is 10.1. The zero-order chi connectivity index (χ0) is 19.5. The smallest absolute Gasteiger partial charge is 0.227 e. The number of hydrogen-bond acceptors (Lipinski definition) is 5. The van der Waals surface area contributed by atoms with Gasteiger partial charge in [0, 0.05) is 44.6 Å². The fourth-order valence-electron chi connectivity index (χ4n) is 3.56. The lowest BCUT2D eigenvalue weighted by molar-refractivity contribution is -0.130. The van der Waals surface area contributed by atoms with Crippen molar-refractivity contribution in [3.8, 4) is 5.82 Å². The molecular weight excluding hydrogens is 352 g/mol. The van der Waals surface area contributed by atoms with Gasteiger partial charge in [-0.3, -0.25) is 9.36 Å². The van der Waals surface area contributed by atoms with E-state index in [1.165, 1.54) is 5.56 Å². The Bertz CT molecular complexity index is 974. The molecule has 0 aliphatic carbocycles. The van der Waals surface area contributed by atoms with Gasteiger partial charge < -0.3 is 9.80 Å². The van der Waals surface area contributed by atoms with Crippen molar-refractivity contribution in [1.29, 1.82) is 0 Å². The van der Waals surface area contributed by atoms with Crippen molar-refractivity contribution < 1.29 is 4.79 Å². The first-order valence-corrected chi connectivity index (χ1v) is 9.51. The Labute approximate surface area is 164 Å². The molecule has 3 heterocycles. The van der Waals surface area contributed by atoms with Crippen molar-refractivity contribution in [2.24, 2.45) is 0 Å². The monoisotopic (exact) mass is 376 g/mol. The van der Waals surface area contributed by atoms with Crippen LogP contribution < -0.4 is 4.90 Å². The van der Waals surface area contributed by atoms with E-state index in [1.54, 1.807) is 12.5 Å². The summed E-state index contributed by atoms with van der Waals surface area (Å²) in [5.41, 5.74) is 2.26. The summed E-state index contributed by atoms with van der Waals surface area (Å²) in [5, 5.41) is 0. The maximum absolute atomic E-state index is 12.6. The number of anilines is 1. The first-order valence-electron chi connectivity index (χ1n) is 9.51. The number of benzene rings is 1. The average Bonchev–Trinajstić information content (AvgIpc) is 3.14. The molecule has 0 radical (unpaired) electrons. The van der Waals surface area contributed by atoms with E-state index in [1.807, 2.05) is 53.8 Å². The molecule has 0 saturated carbocycles. The fraction of sp³-hybridized carbons (Fsp3) is 0.333. The minimum absolute atomic E-state index is 0.183. The molecular formula is C21H24N6O. The summed E-state index contributed by atoms with van der Waals surface area (Å²) in [6.45, 7) is 6.93. The summed E-state index contributed by atoms with van der Waals surface area (Å²) in [7, 11) is 0. The quantitative estimate of drug-likeness (QED) is 0.698. The lowest BCUT2D eigenvalue weighted by Crippen LogP contribution is -2.49. The van der Waals surface area contributed by atoms with Crippen LogP contribution in [-0.4, -0.2) is 56.5 Å². The standard InChI is InChI=1S/C21H24N6O/c1-16-4-3-5-18(12-16)13-21(28)26-10-8-25(9-11-26)19-14-20(24-15-23-19)27-7-6-22-17(27)2/h3-7,12,14-15H,8-11,13H2,1-2H3. The Morgan fingerprint density at radius 3 is 2.50 bits per heavy atom. The summed E-state index contributed by atoms with van der Waals surface area (Å²) >= 11 is 0. The normalized spacial score (nSPS) is 14.4. The molecule has 0 atom stereocenters. The Morgan fingerprint density at radius 1 is 1.00 bits per heavy atom. The number of hydrogen-bond donors (Lipinski definition) is 0. The highest BCUT2D eigenvalue weighted by Crippen LogP contribution is 2.17. The highest BCUT2D eigenvalue weighted by atomic mass is 16.2. The summed E-state index contributed by atoms with van der Waals surface area (Å²) < 4.78 is 1.94. The van der Waals surface area contributed by atoms with Crippen LogP contribution in [0.25, 0.3) is 5.82 Å². The van der Waals surface area contributed by atoms with Crippen molar-refractivity contribution in [3.05, 3.63) is 66.0 Å². The van der Waals surface area contributed by atoms with E-state index in [0.717, 1.165) is 36.1 Å². The van der Waals surface area contributed by atoms with Crippen molar-refractivity contribution >= 4 is 11.7 Å². The van der Waals surface area contributed by atoms with E-state index in [-0.39, 0.29) is 5.91 Å². The van der Waals surface area contributed by atoms with Crippen LogP contribution in [0.4, 0.5) is 5.82 Å². The molecule has 0 spiro atoms. The van der Waals surface area contributed by atoms with Crippen LogP contribution in [-0.2, 0) is 11.2 Å². The summed E-state index contributed by atoms with van der Waals surface area (Å²) in [5.74, 6) is 2.75. The van der Waals surface area contributed by atoms with Crippen LogP contribution in [0.2, 0.25) is 0 Å². The van der Waals surface area contributed by atoms with Crippen LogP contribution in [0.5, 0.6) is 0 Å². The molecule has 1 amide bonds. The molecule has 3 aromatic rings. The predicted molar refractivity (Wildman–Crippen MR) is 108 cm³/mol. The maximum Gasteiger partial charge on any atom is 0.227 e. The fourth-order valence-corrected chi connectivity index (χ4v) is 3.56. The molecule has 7 heteroatoms. The third kappa shape index (κ3) is 3.88. The van der Waals surface area contributed by atoms with E-state index >= 15 is 0 Å². The van der Waals surface area contributed by atoms with E-state index in [0.29, 0.717) is 19.5 Å². The highest BCUT2D eigenvalue weighted by molar-refractivity contribution is 5.79. The van der Waals surface area contributed by atoms with Gasteiger partial charge in [-0.15, -0.1) is 0 Å². The van der Waals surface area contributed by atoms with Crippen molar-refractivity contribution in [2.45, 2.75) is 20.3 Å². The van der Waals surface area contributed by atoms with Gasteiger partial charge in [0.2, 0.25) is 5.91 Å². The van der Waals surface area contributed by atoms with Gasteiger partial charge in [0.15, 0.2) is 0 Å². The van der Waals surface area contributed by atoms with Gasteiger partial charge in [0.25, 0.3) is 0 Å².